The zero-order valence-corrected chi connectivity index (χ0v) is 12.4. The second-order valence-electron chi connectivity index (χ2n) is 5.01. The Morgan fingerprint density at radius 3 is 2.83 bits per heavy atom. The fraction of sp³-hybridized carbons (Fsp3) is 0.167. The van der Waals surface area contributed by atoms with Crippen molar-refractivity contribution >= 4 is 16.9 Å². The molecule has 5 heteroatoms. The Kier molecular flexibility index (Phi) is 4.34. The highest BCUT2D eigenvalue weighted by molar-refractivity contribution is 5.98. The minimum atomic E-state index is -0.412. The number of aromatic nitrogens is 1. The number of benzene rings is 2. The van der Waals surface area contributed by atoms with E-state index < -0.39 is 5.97 Å². The van der Waals surface area contributed by atoms with Gasteiger partial charge in [0.05, 0.1) is 23.6 Å². The molecule has 0 saturated heterocycles. The van der Waals surface area contributed by atoms with Crippen LogP contribution in [0.1, 0.15) is 23.2 Å². The predicted molar refractivity (Wildman–Crippen MR) is 84.6 cm³/mol. The van der Waals surface area contributed by atoms with E-state index in [0.717, 1.165) is 10.9 Å². The topological polar surface area (TPSA) is 76.1 Å². The van der Waals surface area contributed by atoms with Crippen LogP contribution in [0.3, 0.4) is 0 Å². The van der Waals surface area contributed by atoms with Gasteiger partial charge in [0.15, 0.2) is 5.76 Å². The number of fused-ring (bicyclic) bond motifs is 1. The Morgan fingerprint density at radius 1 is 1.22 bits per heavy atom. The third-order valence-corrected chi connectivity index (χ3v) is 3.41. The number of unbranched alkanes of at least 4 members (excludes halogenated alkanes) is 1. The molecule has 3 aromatic rings. The quantitative estimate of drug-likeness (QED) is 0.527. The Hall–Kier alpha value is -3.13. The molecular formula is C18H14N2O3. The van der Waals surface area contributed by atoms with Crippen LogP contribution in [-0.2, 0) is 4.74 Å². The van der Waals surface area contributed by atoms with Crippen LogP contribution in [0.5, 0.6) is 0 Å². The monoisotopic (exact) mass is 306 g/mol. The summed E-state index contributed by atoms with van der Waals surface area (Å²) in [4.78, 5) is 12.1. The summed E-state index contributed by atoms with van der Waals surface area (Å²) in [5.41, 5.74) is 2.02. The van der Waals surface area contributed by atoms with Crippen LogP contribution in [0.2, 0.25) is 0 Å². The van der Waals surface area contributed by atoms with E-state index in [1.165, 1.54) is 0 Å². The minimum absolute atomic E-state index is 0.236. The number of nitrogens with zero attached hydrogens (tertiary/aromatic N) is 2. The number of carbonyl (C=O) groups is 1. The maximum absolute atomic E-state index is 12.1. The summed E-state index contributed by atoms with van der Waals surface area (Å²) >= 11 is 0. The van der Waals surface area contributed by atoms with Gasteiger partial charge in [-0.25, -0.2) is 4.79 Å². The highest BCUT2D eigenvalue weighted by Gasteiger charge is 2.14. The SMILES string of the molecule is N#CCCCOC(=O)c1ccc2noc(-c3ccccc3)c2c1. The van der Waals surface area contributed by atoms with Crippen LogP contribution < -0.4 is 0 Å². The number of hydrogen-bond donors (Lipinski definition) is 0. The molecule has 0 spiro atoms. The molecular weight excluding hydrogens is 292 g/mol. The van der Waals surface area contributed by atoms with Gasteiger partial charge in [-0.05, 0) is 24.6 Å². The first kappa shape index (κ1) is 14.8. The van der Waals surface area contributed by atoms with Gasteiger partial charge in [0, 0.05) is 12.0 Å². The Labute approximate surface area is 133 Å². The summed E-state index contributed by atoms with van der Waals surface area (Å²) in [6.45, 7) is 0.236. The third-order valence-electron chi connectivity index (χ3n) is 3.41. The minimum Gasteiger partial charge on any atom is -0.462 e. The van der Waals surface area contributed by atoms with E-state index in [1.54, 1.807) is 18.2 Å². The van der Waals surface area contributed by atoms with Gasteiger partial charge in [0.25, 0.3) is 0 Å². The maximum Gasteiger partial charge on any atom is 0.338 e. The van der Waals surface area contributed by atoms with E-state index in [0.29, 0.717) is 29.7 Å². The standard InChI is InChI=1S/C18H14N2O3/c19-10-4-5-11-22-18(21)14-8-9-16-15(12-14)17(23-20-16)13-6-2-1-3-7-13/h1-3,6-9,12H,4-5,11H2. The maximum atomic E-state index is 12.1. The van der Waals surface area contributed by atoms with Crippen molar-refractivity contribution in [2.45, 2.75) is 12.8 Å². The lowest BCUT2D eigenvalue weighted by Crippen LogP contribution is -2.06. The summed E-state index contributed by atoms with van der Waals surface area (Å²) in [6, 6.07) is 16.7. The van der Waals surface area contributed by atoms with Gasteiger partial charge in [-0.3, -0.25) is 0 Å². The van der Waals surface area contributed by atoms with Gasteiger partial charge in [-0.2, -0.15) is 5.26 Å². The van der Waals surface area contributed by atoms with E-state index >= 15 is 0 Å². The lowest BCUT2D eigenvalue weighted by Gasteiger charge is -2.03. The molecule has 0 bridgehead atoms. The molecule has 0 aliphatic heterocycles. The molecule has 0 N–H and O–H groups in total. The zero-order valence-electron chi connectivity index (χ0n) is 12.4. The second kappa shape index (κ2) is 6.75. The van der Waals surface area contributed by atoms with Crippen molar-refractivity contribution in [1.29, 1.82) is 5.26 Å². The van der Waals surface area contributed by atoms with E-state index in [2.05, 4.69) is 5.16 Å². The molecule has 1 heterocycles. The van der Waals surface area contributed by atoms with Crippen molar-refractivity contribution in [3.8, 4) is 17.4 Å². The molecule has 0 saturated carbocycles. The van der Waals surface area contributed by atoms with Crippen LogP contribution in [-0.4, -0.2) is 17.7 Å². The highest BCUT2D eigenvalue weighted by atomic mass is 16.5. The molecule has 2 aromatic carbocycles. The molecule has 0 radical (unpaired) electrons. The lowest BCUT2D eigenvalue weighted by molar-refractivity contribution is 0.0502. The summed E-state index contributed by atoms with van der Waals surface area (Å²) in [5.74, 6) is 0.213. The Morgan fingerprint density at radius 2 is 2.04 bits per heavy atom. The summed E-state index contributed by atoms with van der Waals surface area (Å²) in [6.07, 6.45) is 0.906. The predicted octanol–water partition coefficient (Wildman–Crippen LogP) is 3.96. The van der Waals surface area contributed by atoms with Crippen LogP contribution in [0.4, 0.5) is 0 Å². The molecule has 0 atom stereocenters. The Bertz CT molecular complexity index is 863. The van der Waals surface area contributed by atoms with Crippen LogP contribution in [0.25, 0.3) is 22.2 Å². The van der Waals surface area contributed by atoms with Crippen LogP contribution in [0, 0.1) is 11.3 Å². The number of rotatable bonds is 5. The number of ether oxygens (including phenoxy) is 1. The number of carbonyl (C=O) groups excluding carboxylic acids is 1. The molecule has 114 valence electrons. The molecule has 0 fully saturated rings. The van der Waals surface area contributed by atoms with Gasteiger partial charge in [0.2, 0.25) is 0 Å². The van der Waals surface area contributed by atoms with Gasteiger partial charge >= 0.3 is 5.97 Å². The average molecular weight is 306 g/mol. The van der Waals surface area contributed by atoms with Crippen molar-refractivity contribution in [2.75, 3.05) is 6.61 Å². The average Bonchev–Trinajstić information content (AvgIpc) is 3.02. The molecule has 0 amide bonds. The normalized spacial score (nSPS) is 10.4. The Balaban J connectivity index is 1.86. The van der Waals surface area contributed by atoms with Crippen LogP contribution >= 0.6 is 0 Å². The molecule has 3 rings (SSSR count). The molecule has 5 nitrogen and oxygen atoms in total. The first-order chi connectivity index (χ1) is 11.3. The molecule has 0 aliphatic carbocycles. The van der Waals surface area contributed by atoms with E-state index in [-0.39, 0.29) is 6.61 Å². The summed E-state index contributed by atoms with van der Waals surface area (Å²) < 4.78 is 10.6. The van der Waals surface area contributed by atoms with Crippen molar-refractivity contribution in [1.82, 2.24) is 5.16 Å². The molecule has 1 aromatic heterocycles. The fourth-order valence-electron chi connectivity index (χ4n) is 2.27. The smallest absolute Gasteiger partial charge is 0.338 e. The van der Waals surface area contributed by atoms with Crippen molar-refractivity contribution in [3.05, 3.63) is 54.1 Å². The van der Waals surface area contributed by atoms with Crippen LogP contribution in [0.15, 0.2) is 53.1 Å². The van der Waals surface area contributed by atoms with Gasteiger partial charge in [-0.1, -0.05) is 35.5 Å². The third kappa shape index (κ3) is 3.22. The van der Waals surface area contributed by atoms with E-state index in [9.17, 15) is 4.79 Å². The lowest BCUT2D eigenvalue weighted by atomic mass is 10.1. The fourth-order valence-corrected chi connectivity index (χ4v) is 2.27. The first-order valence-electron chi connectivity index (χ1n) is 7.28. The van der Waals surface area contributed by atoms with Gasteiger partial charge in [0.1, 0.15) is 5.52 Å². The van der Waals surface area contributed by atoms with Crippen molar-refractivity contribution in [2.24, 2.45) is 0 Å². The number of nitriles is 1. The van der Waals surface area contributed by atoms with Gasteiger partial charge in [-0.15, -0.1) is 0 Å². The highest BCUT2D eigenvalue weighted by Crippen LogP contribution is 2.29. The number of esters is 1. The van der Waals surface area contributed by atoms with E-state index in [4.69, 9.17) is 14.5 Å². The second-order valence-corrected chi connectivity index (χ2v) is 5.01. The number of hydrogen-bond acceptors (Lipinski definition) is 5. The first-order valence-corrected chi connectivity index (χ1v) is 7.28. The molecule has 0 aliphatic rings. The summed E-state index contributed by atoms with van der Waals surface area (Å²) in [5, 5.41) is 13.3. The van der Waals surface area contributed by atoms with Crippen molar-refractivity contribution < 1.29 is 14.1 Å². The summed E-state index contributed by atoms with van der Waals surface area (Å²) in [7, 11) is 0. The zero-order chi connectivity index (χ0) is 16.1. The molecule has 0 unspecified atom stereocenters. The largest absolute Gasteiger partial charge is 0.462 e. The van der Waals surface area contributed by atoms with E-state index in [1.807, 2.05) is 36.4 Å². The molecule has 23 heavy (non-hydrogen) atoms. The van der Waals surface area contributed by atoms with Gasteiger partial charge < -0.3 is 9.26 Å². The van der Waals surface area contributed by atoms with Crippen molar-refractivity contribution in [3.63, 3.8) is 0 Å².